The number of methoxy groups -OCH3 is 1. The van der Waals surface area contributed by atoms with Crippen LogP contribution in [-0.2, 0) is 0 Å². The number of nitrogens with two attached hydrogens (primary N) is 1. The van der Waals surface area contributed by atoms with Crippen molar-refractivity contribution in [2.75, 3.05) is 7.11 Å². The Morgan fingerprint density at radius 2 is 1.60 bits per heavy atom. The van der Waals surface area contributed by atoms with Gasteiger partial charge in [-0.3, -0.25) is 0 Å². The summed E-state index contributed by atoms with van der Waals surface area (Å²) in [5.41, 5.74) is 0. The third kappa shape index (κ3) is 1.39. The smallest absolute Gasteiger partial charge is 0.147 e. The lowest BCUT2D eigenvalue weighted by Gasteiger charge is -1.99. The first-order valence-electron chi connectivity index (χ1n) is 2.87. The molecule has 1 rings (SSSR count). The van der Waals surface area contributed by atoms with Gasteiger partial charge in [-0.15, -0.1) is 0 Å². The van der Waals surface area contributed by atoms with Gasteiger partial charge in [0.2, 0.25) is 0 Å². The van der Waals surface area contributed by atoms with E-state index < -0.39 is 0 Å². The Labute approximate surface area is 59.3 Å². The van der Waals surface area contributed by atoms with Gasteiger partial charge in [-0.05, 0) is 24.3 Å². The van der Waals surface area contributed by atoms with Crippen molar-refractivity contribution in [2.45, 2.75) is 0 Å². The van der Waals surface area contributed by atoms with Crippen molar-refractivity contribution in [1.82, 2.24) is 0 Å². The van der Waals surface area contributed by atoms with E-state index in [4.69, 9.17) is 10.6 Å². The average Bonchev–Trinajstić information content (AvgIpc) is 2.05. The van der Waals surface area contributed by atoms with Gasteiger partial charge in [-0.25, -0.2) is 0 Å². The predicted octanol–water partition coefficient (Wildman–Crippen LogP) is 0.948. The highest BCUT2D eigenvalue weighted by Crippen LogP contribution is 2.15. The Balaban J connectivity index is 2.80. The third-order valence-corrected chi connectivity index (χ3v) is 1.20. The molecule has 0 fully saturated rings. The first kappa shape index (κ1) is 6.89. The fourth-order valence-corrected chi connectivity index (χ4v) is 0.654. The molecule has 0 saturated carbocycles. The molecular formula is C7H9NO2. The molecule has 0 atom stereocenters. The van der Waals surface area contributed by atoms with Gasteiger partial charge in [0, 0.05) is 0 Å². The van der Waals surface area contributed by atoms with Crippen LogP contribution in [-0.4, -0.2) is 7.11 Å². The van der Waals surface area contributed by atoms with Crippen molar-refractivity contribution in [3.63, 3.8) is 0 Å². The Bertz CT molecular complexity index is 172. The minimum Gasteiger partial charge on any atom is -0.497 e. The predicted molar refractivity (Wildman–Crippen MR) is 37.8 cm³/mol. The van der Waals surface area contributed by atoms with E-state index in [1.807, 2.05) is 0 Å². The van der Waals surface area contributed by atoms with E-state index in [0.717, 1.165) is 5.75 Å². The summed E-state index contributed by atoms with van der Waals surface area (Å²) in [5.74, 6) is 6.32. The largest absolute Gasteiger partial charge is 0.497 e. The van der Waals surface area contributed by atoms with Gasteiger partial charge < -0.3 is 9.57 Å². The maximum Gasteiger partial charge on any atom is 0.147 e. The van der Waals surface area contributed by atoms with Crippen molar-refractivity contribution in [3.05, 3.63) is 24.3 Å². The number of hydrogen-bond donors (Lipinski definition) is 1. The van der Waals surface area contributed by atoms with E-state index in [2.05, 4.69) is 4.84 Å². The van der Waals surface area contributed by atoms with Crippen LogP contribution in [0.25, 0.3) is 0 Å². The molecule has 54 valence electrons. The first-order chi connectivity index (χ1) is 4.86. The quantitative estimate of drug-likeness (QED) is 0.620. The monoisotopic (exact) mass is 139 g/mol. The topological polar surface area (TPSA) is 44.5 Å². The van der Waals surface area contributed by atoms with Gasteiger partial charge in [-0.1, -0.05) is 0 Å². The maximum absolute atomic E-state index is 4.92. The van der Waals surface area contributed by atoms with Gasteiger partial charge in [0.15, 0.2) is 0 Å². The van der Waals surface area contributed by atoms with Crippen LogP contribution in [0.5, 0.6) is 11.5 Å². The Morgan fingerprint density at radius 3 is 2.00 bits per heavy atom. The molecule has 0 amide bonds. The highest BCUT2D eigenvalue weighted by molar-refractivity contribution is 5.30. The Hall–Kier alpha value is -1.22. The summed E-state index contributed by atoms with van der Waals surface area (Å²) in [4.78, 5) is 4.46. The minimum absolute atomic E-state index is 0.626. The van der Waals surface area contributed by atoms with E-state index in [1.165, 1.54) is 0 Å². The zero-order valence-electron chi connectivity index (χ0n) is 5.70. The molecule has 3 heteroatoms. The summed E-state index contributed by atoms with van der Waals surface area (Å²) >= 11 is 0. The molecule has 0 bridgehead atoms. The second-order valence-electron chi connectivity index (χ2n) is 1.79. The fourth-order valence-electron chi connectivity index (χ4n) is 0.654. The minimum atomic E-state index is 0.626. The summed E-state index contributed by atoms with van der Waals surface area (Å²) < 4.78 is 4.92. The van der Waals surface area contributed by atoms with Gasteiger partial charge in [0.1, 0.15) is 11.5 Å². The normalized spacial score (nSPS) is 9.00. The lowest BCUT2D eigenvalue weighted by molar-refractivity contribution is 0.333. The van der Waals surface area contributed by atoms with Gasteiger partial charge >= 0.3 is 0 Å². The van der Waals surface area contributed by atoms with Crippen molar-refractivity contribution >= 4 is 0 Å². The van der Waals surface area contributed by atoms with Crippen LogP contribution in [0.1, 0.15) is 0 Å². The van der Waals surface area contributed by atoms with E-state index >= 15 is 0 Å². The molecule has 2 N–H and O–H groups in total. The molecular weight excluding hydrogens is 130 g/mol. The molecule has 0 radical (unpaired) electrons. The molecule has 0 aliphatic carbocycles. The van der Waals surface area contributed by atoms with Crippen LogP contribution < -0.4 is 15.5 Å². The number of benzene rings is 1. The van der Waals surface area contributed by atoms with Crippen molar-refractivity contribution in [1.29, 1.82) is 0 Å². The standard InChI is InChI=1S/C7H9NO2/c1-9-6-2-4-7(10-8)5-3-6/h2-5H,8H2,1H3. The lowest BCUT2D eigenvalue weighted by atomic mass is 10.3. The van der Waals surface area contributed by atoms with Gasteiger partial charge in [0.05, 0.1) is 7.11 Å². The molecule has 0 unspecified atom stereocenters. The number of rotatable bonds is 2. The molecule has 1 aromatic carbocycles. The van der Waals surface area contributed by atoms with E-state index in [0.29, 0.717) is 5.75 Å². The summed E-state index contributed by atoms with van der Waals surface area (Å²) in [6, 6.07) is 7.03. The zero-order valence-corrected chi connectivity index (χ0v) is 5.70. The van der Waals surface area contributed by atoms with E-state index in [1.54, 1.807) is 31.4 Å². The average molecular weight is 139 g/mol. The molecule has 3 nitrogen and oxygen atoms in total. The molecule has 0 saturated heterocycles. The van der Waals surface area contributed by atoms with Crippen LogP contribution in [0.15, 0.2) is 24.3 Å². The lowest BCUT2D eigenvalue weighted by Crippen LogP contribution is -2.01. The summed E-state index contributed by atoms with van der Waals surface area (Å²) in [7, 11) is 1.61. The Morgan fingerprint density at radius 1 is 1.10 bits per heavy atom. The van der Waals surface area contributed by atoms with Crippen molar-refractivity contribution < 1.29 is 9.57 Å². The highest BCUT2D eigenvalue weighted by Gasteiger charge is 1.90. The van der Waals surface area contributed by atoms with Gasteiger partial charge in [0.25, 0.3) is 0 Å². The maximum atomic E-state index is 4.92. The van der Waals surface area contributed by atoms with Crippen molar-refractivity contribution in [3.8, 4) is 11.5 Å². The first-order valence-corrected chi connectivity index (χ1v) is 2.87. The number of hydrogen-bond acceptors (Lipinski definition) is 3. The number of ether oxygens (including phenoxy) is 1. The fraction of sp³-hybridized carbons (Fsp3) is 0.143. The molecule has 0 aliphatic heterocycles. The molecule has 1 aromatic rings. The summed E-state index contributed by atoms with van der Waals surface area (Å²) in [5, 5.41) is 0. The summed E-state index contributed by atoms with van der Waals surface area (Å²) in [6.07, 6.45) is 0. The SMILES string of the molecule is COc1ccc(ON)cc1. The second-order valence-corrected chi connectivity index (χ2v) is 1.79. The zero-order chi connectivity index (χ0) is 7.40. The van der Waals surface area contributed by atoms with E-state index in [-0.39, 0.29) is 0 Å². The second kappa shape index (κ2) is 3.08. The Kier molecular flexibility index (Phi) is 2.12. The van der Waals surface area contributed by atoms with Crippen LogP contribution in [0, 0.1) is 0 Å². The van der Waals surface area contributed by atoms with Crippen LogP contribution >= 0.6 is 0 Å². The highest BCUT2D eigenvalue weighted by atomic mass is 16.6. The molecule has 10 heavy (non-hydrogen) atoms. The van der Waals surface area contributed by atoms with Crippen LogP contribution in [0.4, 0.5) is 0 Å². The van der Waals surface area contributed by atoms with E-state index in [9.17, 15) is 0 Å². The van der Waals surface area contributed by atoms with Crippen molar-refractivity contribution in [2.24, 2.45) is 5.90 Å². The molecule has 0 aromatic heterocycles. The van der Waals surface area contributed by atoms with Gasteiger partial charge in [-0.2, -0.15) is 5.90 Å². The molecule has 0 aliphatic rings. The van der Waals surface area contributed by atoms with Crippen LogP contribution in [0.2, 0.25) is 0 Å². The van der Waals surface area contributed by atoms with Crippen LogP contribution in [0.3, 0.4) is 0 Å². The summed E-state index contributed by atoms with van der Waals surface area (Å²) in [6.45, 7) is 0. The third-order valence-electron chi connectivity index (χ3n) is 1.20. The molecule has 0 heterocycles. The molecule has 0 spiro atoms.